The number of carbonyl (C=O) groups is 2. The summed E-state index contributed by atoms with van der Waals surface area (Å²) < 4.78 is -0.567. The molecule has 0 aromatic rings. The summed E-state index contributed by atoms with van der Waals surface area (Å²) in [6, 6.07) is 0. The summed E-state index contributed by atoms with van der Waals surface area (Å²) >= 11 is 2.45. The molecule has 0 saturated heterocycles. The first-order valence-corrected chi connectivity index (χ1v) is 2.14. The average Bonchev–Trinajstić information content (AvgIpc) is 1.36. The second-order valence-corrected chi connectivity index (χ2v) is 1.55. The standard InChI is InChI=1S/C3H3BrO2/c1-2(5)3(4)6/h1H3. The van der Waals surface area contributed by atoms with Crippen LogP contribution in [0.15, 0.2) is 0 Å². The molecule has 0 heterocycles. The van der Waals surface area contributed by atoms with Crippen molar-refractivity contribution in [1.29, 1.82) is 0 Å². The normalized spacial score (nSPS) is 7.67. The van der Waals surface area contributed by atoms with Crippen molar-refractivity contribution in [2.75, 3.05) is 0 Å². The number of Topliss-reactive ketones (excluding diaryl/α,β-unsaturated/α-hetero) is 1. The topological polar surface area (TPSA) is 34.1 Å². The van der Waals surface area contributed by atoms with Crippen LogP contribution in [0, 0.1) is 0 Å². The van der Waals surface area contributed by atoms with E-state index in [0.29, 0.717) is 0 Å². The monoisotopic (exact) mass is 150 g/mol. The van der Waals surface area contributed by atoms with Gasteiger partial charge in [0.05, 0.1) is 0 Å². The smallest absolute Gasteiger partial charge is 0.263 e. The third-order valence-corrected chi connectivity index (χ3v) is 0.835. The van der Waals surface area contributed by atoms with E-state index < -0.39 is 10.5 Å². The molecular weight excluding hydrogens is 148 g/mol. The van der Waals surface area contributed by atoms with Gasteiger partial charge in [-0.1, -0.05) is 0 Å². The Morgan fingerprint density at radius 2 is 1.67 bits per heavy atom. The molecular formula is C3H3BrO2. The van der Waals surface area contributed by atoms with E-state index in [1.165, 1.54) is 6.92 Å². The summed E-state index contributed by atoms with van der Waals surface area (Å²) in [4.78, 5) is 19.5. The highest BCUT2D eigenvalue weighted by molar-refractivity contribution is 9.19. The molecule has 0 aliphatic rings. The van der Waals surface area contributed by atoms with E-state index in [1.54, 1.807) is 0 Å². The van der Waals surface area contributed by atoms with Crippen LogP contribution in [0.2, 0.25) is 0 Å². The van der Waals surface area contributed by atoms with Gasteiger partial charge >= 0.3 is 0 Å². The molecule has 2 nitrogen and oxygen atoms in total. The Balaban J connectivity index is 3.57. The van der Waals surface area contributed by atoms with Crippen molar-refractivity contribution in [3.63, 3.8) is 0 Å². The van der Waals surface area contributed by atoms with Gasteiger partial charge in [-0.25, -0.2) is 0 Å². The van der Waals surface area contributed by atoms with E-state index in [1.807, 2.05) is 0 Å². The first-order valence-electron chi connectivity index (χ1n) is 1.35. The molecule has 0 atom stereocenters. The maximum atomic E-state index is 9.75. The van der Waals surface area contributed by atoms with Gasteiger partial charge in [0.15, 0.2) is 0 Å². The highest BCUT2D eigenvalue weighted by Crippen LogP contribution is 1.82. The van der Waals surface area contributed by atoms with Crippen molar-refractivity contribution in [1.82, 2.24) is 0 Å². The Morgan fingerprint density at radius 1 is 1.50 bits per heavy atom. The molecule has 0 fully saturated rings. The van der Waals surface area contributed by atoms with Gasteiger partial charge in [-0.3, -0.25) is 9.59 Å². The quantitative estimate of drug-likeness (QED) is 0.403. The highest BCUT2D eigenvalue weighted by atomic mass is 79.9. The molecule has 6 heavy (non-hydrogen) atoms. The summed E-state index contributed by atoms with van der Waals surface area (Å²) in [6.07, 6.45) is 0. The lowest BCUT2D eigenvalue weighted by Crippen LogP contribution is -1.97. The zero-order valence-electron chi connectivity index (χ0n) is 3.19. The van der Waals surface area contributed by atoms with Gasteiger partial charge in [0.1, 0.15) is 0 Å². The summed E-state index contributed by atoms with van der Waals surface area (Å²) in [5.74, 6) is -0.463. The molecule has 0 unspecified atom stereocenters. The van der Waals surface area contributed by atoms with Crippen molar-refractivity contribution in [3.05, 3.63) is 0 Å². The maximum absolute atomic E-state index is 9.75. The van der Waals surface area contributed by atoms with E-state index in [9.17, 15) is 9.59 Å². The molecule has 0 bridgehead atoms. The van der Waals surface area contributed by atoms with E-state index in [-0.39, 0.29) is 0 Å². The molecule has 0 N–H and O–H groups in total. The molecule has 0 amide bonds. The first-order chi connectivity index (χ1) is 2.64. The van der Waals surface area contributed by atoms with Crippen molar-refractivity contribution in [2.45, 2.75) is 6.92 Å². The molecule has 0 spiro atoms. The molecule has 0 aromatic carbocycles. The molecule has 0 radical (unpaired) electrons. The van der Waals surface area contributed by atoms with Crippen molar-refractivity contribution in [3.8, 4) is 0 Å². The summed E-state index contributed by atoms with van der Waals surface area (Å²) in [6.45, 7) is 1.21. The fraction of sp³-hybridized carbons (Fsp3) is 0.333. The van der Waals surface area contributed by atoms with Gasteiger partial charge in [0.25, 0.3) is 4.69 Å². The molecule has 0 rings (SSSR count). The molecule has 3 heteroatoms. The van der Waals surface area contributed by atoms with Gasteiger partial charge in [0, 0.05) is 22.9 Å². The van der Waals surface area contributed by atoms with Crippen LogP contribution in [0.4, 0.5) is 0 Å². The predicted molar refractivity (Wildman–Crippen MR) is 24.6 cm³/mol. The van der Waals surface area contributed by atoms with E-state index >= 15 is 0 Å². The number of hydrogen-bond donors (Lipinski definition) is 0. The zero-order chi connectivity index (χ0) is 5.15. The van der Waals surface area contributed by atoms with Crippen LogP contribution in [0.3, 0.4) is 0 Å². The van der Waals surface area contributed by atoms with E-state index in [4.69, 9.17) is 0 Å². The summed E-state index contributed by atoms with van der Waals surface area (Å²) in [5, 5.41) is 0. The van der Waals surface area contributed by atoms with Gasteiger partial charge in [-0.2, -0.15) is 0 Å². The predicted octanol–water partition coefficient (Wildman–Crippen LogP) is 0.497. The van der Waals surface area contributed by atoms with Gasteiger partial charge in [0.2, 0.25) is 5.78 Å². The Kier molecular flexibility index (Phi) is 2.01. The number of rotatable bonds is 1. The van der Waals surface area contributed by atoms with Crippen molar-refractivity contribution in [2.24, 2.45) is 0 Å². The average molecular weight is 151 g/mol. The SMILES string of the molecule is CC(=O)C(=O)Br. The zero-order valence-corrected chi connectivity index (χ0v) is 4.78. The number of ketones is 1. The second-order valence-electron chi connectivity index (χ2n) is 0.830. The van der Waals surface area contributed by atoms with Crippen LogP contribution in [0.25, 0.3) is 0 Å². The van der Waals surface area contributed by atoms with Crippen LogP contribution < -0.4 is 0 Å². The fourth-order valence-electron chi connectivity index (χ4n) is 0. The van der Waals surface area contributed by atoms with Crippen molar-refractivity contribution >= 4 is 26.4 Å². The largest absolute Gasteiger partial charge is 0.290 e. The lowest BCUT2D eigenvalue weighted by molar-refractivity contribution is -0.129. The van der Waals surface area contributed by atoms with Crippen LogP contribution in [-0.4, -0.2) is 10.5 Å². The molecule has 0 aliphatic heterocycles. The van der Waals surface area contributed by atoms with Crippen LogP contribution in [-0.2, 0) is 9.59 Å². The van der Waals surface area contributed by atoms with Crippen LogP contribution >= 0.6 is 15.9 Å². The van der Waals surface area contributed by atoms with Crippen LogP contribution in [0.1, 0.15) is 6.92 Å². The lowest BCUT2D eigenvalue weighted by atomic mass is 10.5. The minimum absolute atomic E-state index is 0.463. The molecule has 34 valence electrons. The van der Waals surface area contributed by atoms with Gasteiger partial charge < -0.3 is 0 Å². The minimum Gasteiger partial charge on any atom is -0.290 e. The minimum atomic E-state index is -0.567. The third-order valence-electron chi connectivity index (χ3n) is 0.277. The third kappa shape index (κ3) is 2.08. The molecule has 0 aromatic heterocycles. The Morgan fingerprint density at radius 3 is 1.67 bits per heavy atom. The number of hydrogen-bond acceptors (Lipinski definition) is 2. The summed E-state index contributed by atoms with van der Waals surface area (Å²) in [7, 11) is 0. The maximum Gasteiger partial charge on any atom is 0.263 e. The van der Waals surface area contributed by atoms with Gasteiger partial charge in [-0.05, 0) is 0 Å². The fourth-order valence-corrected chi connectivity index (χ4v) is 0. The lowest BCUT2D eigenvalue weighted by Gasteiger charge is -1.70. The molecule has 0 saturated carbocycles. The molecule has 0 aliphatic carbocycles. The second kappa shape index (κ2) is 2.08. The van der Waals surface area contributed by atoms with E-state index in [2.05, 4.69) is 15.9 Å². The Labute approximate surface area is 43.7 Å². The number of halogens is 1. The van der Waals surface area contributed by atoms with E-state index in [0.717, 1.165) is 0 Å². The van der Waals surface area contributed by atoms with Crippen LogP contribution in [0.5, 0.6) is 0 Å². The van der Waals surface area contributed by atoms with Crippen molar-refractivity contribution < 1.29 is 9.59 Å². The Bertz CT molecular complexity index is 74.8. The van der Waals surface area contributed by atoms with Gasteiger partial charge in [-0.15, -0.1) is 0 Å². The first kappa shape index (κ1) is 5.82. The summed E-state index contributed by atoms with van der Waals surface area (Å²) in [5.41, 5.74) is 0. The number of carbonyl (C=O) groups excluding carboxylic acids is 2. The highest BCUT2D eigenvalue weighted by Gasteiger charge is 1.97. The Hall–Kier alpha value is -0.180.